The van der Waals surface area contributed by atoms with E-state index in [1.807, 2.05) is 0 Å². The van der Waals surface area contributed by atoms with Crippen molar-refractivity contribution in [2.45, 2.75) is 82.7 Å². The SMILES string of the molecule is CN(CC(F)F)C1CCCCCCCCCCC1N. The van der Waals surface area contributed by atoms with Crippen molar-refractivity contribution in [3.05, 3.63) is 0 Å². The highest BCUT2D eigenvalue weighted by atomic mass is 19.3. The molecular formula is C15H30F2N2. The molecule has 19 heavy (non-hydrogen) atoms. The van der Waals surface area contributed by atoms with Crippen LogP contribution < -0.4 is 5.73 Å². The summed E-state index contributed by atoms with van der Waals surface area (Å²) in [5.74, 6) is 0. The van der Waals surface area contributed by atoms with E-state index in [2.05, 4.69) is 0 Å². The second kappa shape index (κ2) is 9.65. The molecule has 0 amide bonds. The standard InChI is InChI=1S/C15H30F2N2/c1-19(12-15(16)17)14-11-9-7-5-3-2-4-6-8-10-13(14)18/h13-15H,2-12,18H2,1H3. The van der Waals surface area contributed by atoms with Gasteiger partial charge in [-0.2, -0.15) is 0 Å². The minimum absolute atomic E-state index is 0.0446. The van der Waals surface area contributed by atoms with Crippen molar-refractivity contribution in [3.8, 4) is 0 Å². The Hall–Kier alpha value is -0.220. The Bertz CT molecular complexity index is 224. The highest BCUT2D eigenvalue weighted by Crippen LogP contribution is 2.19. The zero-order chi connectivity index (χ0) is 14.1. The highest BCUT2D eigenvalue weighted by molar-refractivity contribution is 4.81. The number of likely N-dealkylation sites (N-methyl/N-ethyl adjacent to an activating group) is 1. The molecule has 0 saturated heterocycles. The van der Waals surface area contributed by atoms with Gasteiger partial charge in [-0.25, -0.2) is 8.78 Å². The first-order valence-corrected chi connectivity index (χ1v) is 7.85. The quantitative estimate of drug-likeness (QED) is 0.849. The van der Waals surface area contributed by atoms with E-state index in [-0.39, 0.29) is 18.6 Å². The summed E-state index contributed by atoms with van der Waals surface area (Å²) in [5, 5.41) is 0. The fourth-order valence-electron chi connectivity index (χ4n) is 3.10. The third kappa shape index (κ3) is 7.21. The molecule has 2 N–H and O–H groups in total. The lowest BCUT2D eigenvalue weighted by Crippen LogP contribution is -2.47. The van der Waals surface area contributed by atoms with Crippen LogP contribution in [0.2, 0.25) is 0 Å². The molecule has 0 aromatic rings. The summed E-state index contributed by atoms with van der Waals surface area (Å²) in [6.07, 6.45) is 9.61. The van der Waals surface area contributed by atoms with Crippen molar-refractivity contribution in [3.63, 3.8) is 0 Å². The highest BCUT2D eigenvalue weighted by Gasteiger charge is 2.23. The first-order chi connectivity index (χ1) is 9.11. The number of halogens is 2. The van der Waals surface area contributed by atoms with Crippen LogP contribution in [0.25, 0.3) is 0 Å². The monoisotopic (exact) mass is 276 g/mol. The molecule has 2 unspecified atom stereocenters. The second-order valence-corrected chi connectivity index (χ2v) is 5.97. The maximum atomic E-state index is 12.5. The normalized spacial score (nSPS) is 28.1. The summed E-state index contributed by atoms with van der Waals surface area (Å²) in [5.41, 5.74) is 6.25. The third-order valence-electron chi connectivity index (χ3n) is 4.27. The van der Waals surface area contributed by atoms with Gasteiger partial charge in [0, 0.05) is 12.1 Å². The number of nitrogens with zero attached hydrogens (tertiary/aromatic N) is 1. The minimum atomic E-state index is -2.27. The summed E-state index contributed by atoms with van der Waals surface area (Å²) in [6.45, 7) is -0.154. The van der Waals surface area contributed by atoms with E-state index in [0.29, 0.717) is 0 Å². The molecule has 114 valence electrons. The lowest BCUT2D eigenvalue weighted by molar-refractivity contribution is 0.0695. The van der Waals surface area contributed by atoms with Crippen molar-refractivity contribution in [2.75, 3.05) is 13.6 Å². The minimum Gasteiger partial charge on any atom is -0.326 e. The zero-order valence-electron chi connectivity index (χ0n) is 12.3. The number of hydrogen-bond acceptors (Lipinski definition) is 2. The Balaban J connectivity index is 2.50. The van der Waals surface area contributed by atoms with Crippen LogP contribution in [-0.4, -0.2) is 37.0 Å². The Kier molecular flexibility index (Phi) is 8.55. The summed E-state index contributed by atoms with van der Waals surface area (Å²) >= 11 is 0. The Morgan fingerprint density at radius 2 is 1.42 bits per heavy atom. The molecule has 1 aliphatic carbocycles. The maximum absolute atomic E-state index is 12.5. The van der Waals surface area contributed by atoms with Gasteiger partial charge in [0.1, 0.15) is 0 Å². The molecule has 2 nitrogen and oxygen atoms in total. The number of hydrogen-bond donors (Lipinski definition) is 1. The summed E-state index contributed by atoms with van der Waals surface area (Å²) < 4.78 is 25.1. The van der Waals surface area contributed by atoms with Crippen molar-refractivity contribution in [1.29, 1.82) is 0 Å². The topological polar surface area (TPSA) is 29.3 Å². The molecule has 0 aromatic heterocycles. The number of alkyl halides is 2. The van der Waals surface area contributed by atoms with Gasteiger partial charge in [-0.05, 0) is 19.9 Å². The van der Waals surface area contributed by atoms with Crippen molar-refractivity contribution in [1.82, 2.24) is 4.90 Å². The molecule has 0 radical (unpaired) electrons. The molecule has 0 heterocycles. The van der Waals surface area contributed by atoms with Gasteiger partial charge in [0.15, 0.2) is 0 Å². The molecule has 2 atom stereocenters. The molecule has 4 heteroatoms. The van der Waals surface area contributed by atoms with Crippen LogP contribution >= 0.6 is 0 Å². The van der Waals surface area contributed by atoms with Crippen LogP contribution in [0.3, 0.4) is 0 Å². The van der Waals surface area contributed by atoms with Gasteiger partial charge in [0.05, 0.1) is 6.54 Å². The van der Waals surface area contributed by atoms with Gasteiger partial charge in [0.25, 0.3) is 6.43 Å². The molecule has 0 aromatic carbocycles. The van der Waals surface area contributed by atoms with E-state index in [0.717, 1.165) is 25.7 Å². The lowest BCUT2D eigenvalue weighted by Gasteiger charge is -2.33. The smallest absolute Gasteiger partial charge is 0.251 e. The first-order valence-electron chi connectivity index (χ1n) is 7.85. The van der Waals surface area contributed by atoms with Crippen LogP contribution in [0.1, 0.15) is 64.2 Å². The summed E-state index contributed by atoms with van der Waals surface area (Å²) in [6, 6.07) is 0.164. The first kappa shape index (κ1) is 16.8. The van der Waals surface area contributed by atoms with Crippen LogP contribution in [0, 0.1) is 0 Å². The molecule has 1 rings (SSSR count). The molecule has 1 fully saturated rings. The van der Waals surface area contributed by atoms with Gasteiger partial charge in [-0.3, -0.25) is 4.90 Å². The van der Waals surface area contributed by atoms with Crippen LogP contribution in [-0.2, 0) is 0 Å². The molecule has 1 aliphatic rings. The van der Waals surface area contributed by atoms with Crippen LogP contribution in [0.15, 0.2) is 0 Å². The van der Waals surface area contributed by atoms with Gasteiger partial charge >= 0.3 is 0 Å². The van der Waals surface area contributed by atoms with E-state index in [1.165, 1.54) is 38.5 Å². The third-order valence-corrected chi connectivity index (χ3v) is 4.27. The van der Waals surface area contributed by atoms with E-state index < -0.39 is 6.43 Å². The van der Waals surface area contributed by atoms with Gasteiger partial charge in [-0.15, -0.1) is 0 Å². The number of nitrogens with two attached hydrogens (primary N) is 1. The van der Waals surface area contributed by atoms with E-state index >= 15 is 0 Å². The number of rotatable bonds is 3. The fourth-order valence-corrected chi connectivity index (χ4v) is 3.10. The fraction of sp³-hybridized carbons (Fsp3) is 1.00. The van der Waals surface area contributed by atoms with Crippen LogP contribution in [0.4, 0.5) is 8.78 Å². The van der Waals surface area contributed by atoms with Gasteiger partial charge in [-0.1, -0.05) is 51.4 Å². The largest absolute Gasteiger partial charge is 0.326 e. The summed E-state index contributed by atoms with van der Waals surface area (Å²) in [4.78, 5) is 1.78. The predicted molar refractivity (Wildman–Crippen MR) is 76.6 cm³/mol. The molecular weight excluding hydrogens is 246 g/mol. The predicted octanol–water partition coefficient (Wildman–Crippen LogP) is 3.79. The van der Waals surface area contributed by atoms with Crippen molar-refractivity contribution < 1.29 is 8.78 Å². The second-order valence-electron chi connectivity index (χ2n) is 5.97. The van der Waals surface area contributed by atoms with Crippen molar-refractivity contribution >= 4 is 0 Å². The van der Waals surface area contributed by atoms with Gasteiger partial charge < -0.3 is 5.73 Å². The van der Waals surface area contributed by atoms with E-state index in [9.17, 15) is 8.78 Å². The maximum Gasteiger partial charge on any atom is 0.251 e. The Morgan fingerprint density at radius 3 is 1.95 bits per heavy atom. The molecule has 0 aliphatic heterocycles. The molecule has 0 bridgehead atoms. The van der Waals surface area contributed by atoms with E-state index in [4.69, 9.17) is 5.73 Å². The van der Waals surface area contributed by atoms with Gasteiger partial charge in [0.2, 0.25) is 0 Å². The molecule has 1 saturated carbocycles. The van der Waals surface area contributed by atoms with Crippen LogP contribution in [0.5, 0.6) is 0 Å². The summed E-state index contributed by atoms with van der Waals surface area (Å²) in [7, 11) is 1.79. The van der Waals surface area contributed by atoms with E-state index in [1.54, 1.807) is 11.9 Å². The molecule has 0 spiro atoms. The Morgan fingerprint density at radius 1 is 0.947 bits per heavy atom. The average Bonchev–Trinajstić information content (AvgIpc) is 2.32. The average molecular weight is 276 g/mol. The lowest BCUT2D eigenvalue weighted by atomic mass is 9.93. The van der Waals surface area contributed by atoms with Crippen molar-refractivity contribution in [2.24, 2.45) is 5.73 Å². The zero-order valence-corrected chi connectivity index (χ0v) is 12.3. The Labute approximate surface area is 116 Å².